The molecule has 1 amide bonds. The molecular weight excluding hydrogens is 335 g/mol. The fourth-order valence-corrected chi connectivity index (χ4v) is 3.82. The maximum Gasteiger partial charge on any atom is 0.416 e. The summed E-state index contributed by atoms with van der Waals surface area (Å²) in [4.78, 5) is 12.3. The quantitative estimate of drug-likeness (QED) is 0.872. The van der Waals surface area contributed by atoms with E-state index in [2.05, 4.69) is 0 Å². The van der Waals surface area contributed by atoms with Crippen molar-refractivity contribution in [1.82, 2.24) is 4.90 Å². The molecular formula is C14H16F3NO4S. The van der Waals surface area contributed by atoms with E-state index in [0.717, 1.165) is 18.2 Å². The number of alkyl halides is 3. The van der Waals surface area contributed by atoms with E-state index in [1.165, 1.54) is 4.90 Å². The van der Waals surface area contributed by atoms with Gasteiger partial charge in [0.25, 0.3) is 0 Å². The van der Waals surface area contributed by atoms with Gasteiger partial charge in [-0.25, -0.2) is 8.42 Å². The van der Waals surface area contributed by atoms with Gasteiger partial charge in [0.05, 0.1) is 22.3 Å². The highest BCUT2D eigenvalue weighted by Crippen LogP contribution is 2.30. The predicted octanol–water partition coefficient (Wildman–Crippen LogP) is 1.46. The third-order valence-electron chi connectivity index (χ3n) is 3.53. The second-order valence-electron chi connectivity index (χ2n) is 5.40. The molecule has 1 heterocycles. The molecule has 1 N–H and O–H groups in total. The Morgan fingerprint density at radius 2 is 2.00 bits per heavy atom. The number of hydrogen-bond donors (Lipinski definition) is 1. The number of aliphatic hydroxyl groups is 1. The molecule has 0 saturated carbocycles. The standard InChI is InChI=1S/C14H16F3NO4S/c15-14(16,17)10-3-1-4-12(7-10)23(21,22)9-11(19)8-18-6-2-5-13(18)20/h1,3-4,7,11,19H,2,5-6,8-9H2. The minimum Gasteiger partial charge on any atom is -0.390 e. The molecule has 23 heavy (non-hydrogen) atoms. The third-order valence-corrected chi connectivity index (χ3v) is 5.33. The van der Waals surface area contributed by atoms with Crippen LogP contribution in [-0.2, 0) is 20.8 Å². The van der Waals surface area contributed by atoms with Crippen LogP contribution in [0.25, 0.3) is 0 Å². The minimum atomic E-state index is -4.65. The van der Waals surface area contributed by atoms with Gasteiger partial charge >= 0.3 is 6.18 Å². The lowest BCUT2D eigenvalue weighted by Gasteiger charge is -2.20. The molecule has 1 aliphatic heterocycles. The van der Waals surface area contributed by atoms with Gasteiger partial charge in [-0.2, -0.15) is 13.2 Å². The molecule has 0 aliphatic carbocycles. The predicted molar refractivity (Wildman–Crippen MR) is 75.3 cm³/mol. The Hall–Kier alpha value is -1.61. The molecule has 9 heteroatoms. The minimum absolute atomic E-state index is 0.142. The summed E-state index contributed by atoms with van der Waals surface area (Å²) in [5.41, 5.74) is -1.07. The highest BCUT2D eigenvalue weighted by atomic mass is 32.2. The van der Waals surface area contributed by atoms with E-state index in [-0.39, 0.29) is 12.5 Å². The number of carbonyl (C=O) groups excluding carboxylic acids is 1. The molecule has 2 rings (SSSR count). The van der Waals surface area contributed by atoms with Crippen LogP contribution in [0.2, 0.25) is 0 Å². The van der Waals surface area contributed by atoms with E-state index in [9.17, 15) is 31.5 Å². The number of nitrogens with zero attached hydrogens (tertiary/aromatic N) is 1. The SMILES string of the molecule is O=C1CCCN1CC(O)CS(=O)(=O)c1cccc(C(F)(F)F)c1. The number of likely N-dealkylation sites (tertiary alicyclic amines) is 1. The summed E-state index contributed by atoms with van der Waals surface area (Å²) in [5.74, 6) is -0.904. The number of β-amino-alcohol motifs (C(OH)–C–C–N with tert-alkyl or cyclic N) is 1. The van der Waals surface area contributed by atoms with Gasteiger partial charge in [0.2, 0.25) is 5.91 Å². The van der Waals surface area contributed by atoms with Crippen molar-refractivity contribution in [1.29, 1.82) is 0 Å². The van der Waals surface area contributed by atoms with Crippen LogP contribution in [0.4, 0.5) is 13.2 Å². The molecule has 0 radical (unpaired) electrons. The van der Waals surface area contributed by atoms with Crippen LogP contribution >= 0.6 is 0 Å². The number of carbonyl (C=O) groups is 1. The first-order chi connectivity index (χ1) is 10.6. The van der Waals surface area contributed by atoms with Gasteiger partial charge in [0, 0.05) is 19.5 Å². The van der Waals surface area contributed by atoms with E-state index in [1.54, 1.807) is 0 Å². The summed E-state index contributed by atoms with van der Waals surface area (Å²) in [6.45, 7) is 0.302. The second-order valence-corrected chi connectivity index (χ2v) is 7.44. The number of sulfone groups is 1. The molecule has 1 aromatic rings. The second kappa shape index (κ2) is 6.48. The van der Waals surface area contributed by atoms with Crippen LogP contribution in [0.15, 0.2) is 29.2 Å². The highest BCUT2D eigenvalue weighted by molar-refractivity contribution is 7.91. The maximum absolute atomic E-state index is 12.6. The lowest BCUT2D eigenvalue weighted by molar-refractivity contribution is -0.137. The summed E-state index contributed by atoms with van der Waals surface area (Å²) in [5, 5.41) is 9.86. The monoisotopic (exact) mass is 351 g/mol. The Morgan fingerprint density at radius 3 is 2.57 bits per heavy atom. The maximum atomic E-state index is 12.6. The van der Waals surface area contributed by atoms with Gasteiger partial charge < -0.3 is 10.0 Å². The molecule has 5 nitrogen and oxygen atoms in total. The Labute approximate surface area is 131 Å². The van der Waals surface area contributed by atoms with Crippen LogP contribution in [0, 0.1) is 0 Å². The smallest absolute Gasteiger partial charge is 0.390 e. The number of amides is 1. The third kappa shape index (κ3) is 4.44. The van der Waals surface area contributed by atoms with Gasteiger partial charge in [-0.15, -0.1) is 0 Å². The molecule has 1 unspecified atom stereocenters. The first-order valence-corrected chi connectivity index (χ1v) is 8.61. The Kier molecular flexibility index (Phi) is 5.00. The number of halogens is 3. The van der Waals surface area contributed by atoms with Gasteiger partial charge in [-0.3, -0.25) is 4.79 Å². The van der Waals surface area contributed by atoms with E-state index in [4.69, 9.17) is 0 Å². The normalized spacial score (nSPS) is 17.6. The number of rotatable bonds is 5. The summed E-state index contributed by atoms with van der Waals surface area (Å²) in [7, 11) is -4.09. The van der Waals surface area contributed by atoms with Gasteiger partial charge in [0.1, 0.15) is 0 Å². The Balaban J connectivity index is 2.11. The van der Waals surface area contributed by atoms with Crippen molar-refractivity contribution >= 4 is 15.7 Å². The van der Waals surface area contributed by atoms with Crippen LogP contribution in [-0.4, -0.2) is 49.3 Å². The van der Waals surface area contributed by atoms with Crippen molar-refractivity contribution in [3.63, 3.8) is 0 Å². The molecule has 0 spiro atoms. The fraction of sp³-hybridized carbons (Fsp3) is 0.500. The van der Waals surface area contributed by atoms with E-state index >= 15 is 0 Å². The molecule has 1 fully saturated rings. The van der Waals surface area contributed by atoms with E-state index < -0.39 is 38.3 Å². The lowest BCUT2D eigenvalue weighted by atomic mass is 10.2. The van der Waals surface area contributed by atoms with Gasteiger partial charge in [0.15, 0.2) is 9.84 Å². The summed E-state index contributed by atoms with van der Waals surface area (Å²) in [6, 6.07) is 3.38. The van der Waals surface area contributed by atoms with Crippen LogP contribution in [0.1, 0.15) is 18.4 Å². The molecule has 0 aromatic heterocycles. The van der Waals surface area contributed by atoms with Crippen molar-refractivity contribution < 1.29 is 31.5 Å². The highest BCUT2D eigenvalue weighted by Gasteiger charge is 2.32. The van der Waals surface area contributed by atoms with Crippen LogP contribution < -0.4 is 0 Å². The Bertz CT molecular complexity index is 688. The van der Waals surface area contributed by atoms with Crippen molar-refractivity contribution in [2.75, 3.05) is 18.8 Å². The number of hydrogen-bond acceptors (Lipinski definition) is 4. The summed E-state index contributed by atoms with van der Waals surface area (Å²) < 4.78 is 62.2. The van der Waals surface area contributed by atoms with E-state index in [0.29, 0.717) is 25.5 Å². The molecule has 1 aromatic carbocycles. The van der Waals surface area contributed by atoms with Crippen molar-refractivity contribution in [2.45, 2.75) is 30.0 Å². The van der Waals surface area contributed by atoms with Crippen LogP contribution in [0.3, 0.4) is 0 Å². The lowest BCUT2D eigenvalue weighted by Crippen LogP contribution is -2.36. The van der Waals surface area contributed by atoms with Gasteiger partial charge in [-0.1, -0.05) is 6.07 Å². The number of benzene rings is 1. The summed E-state index contributed by atoms with van der Waals surface area (Å²) in [6.07, 6.45) is -5.00. The van der Waals surface area contributed by atoms with Crippen molar-refractivity contribution in [2.24, 2.45) is 0 Å². The fourth-order valence-electron chi connectivity index (χ4n) is 2.42. The number of aliphatic hydroxyl groups excluding tert-OH is 1. The van der Waals surface area contributed by atoms with Gasteiger partial charge in [-0.05, 0) is 24.6 Å². The zero-order chi connectivity index (χ0) is 17.3. The molecule has 1 atom stereocenters. The first kappa shape index (κ1) is 17.7. The first-order valence-electron chi connectivity index (χ1n) is 6.95. The molecule has 0 bridgehead atoms. The molecule has 1 saturated heterocycles. The molecule has 1 aliphatic rings. The average Bonchev–Trinajstić information content (AvgIpc) is 2.83. The van der Waals surface area contributed by atoms with Crippen molar-refractivity contribution in [3.05, 3.63) is 29.8 Å². The average molecular weight is 351 g/mol. The molecule has 128 valence electrons. The zero-order valence-electron chi connectivity index (χ0n) is 12.1. The topological polar surface area (TPSA) is 74.7 Å². The van der Waals surface area contributed by atoms with Crippen LogP contribution in [0.5, 0.6) is 0 Å². The summed E-state index contributed by atoms with van der Waals surface area (Å²) >= 11 is 0. The van der Waals surface area contributed by atoms with Crippen molar-refractivity contribution in [3.8, 4) is 0 Å². The Morgan fingerprint density at radius 1 is 1.30 bits per heavy atom. The van der Waals surface area contributed by atoms with E-state index in [1.807, 2.05) is 0 Å². The zero-order valence-corrected chi connectivity index (χ0v) is 12.9. The largest absolute Gasteiger partial charge is 0.416 e.